The molecule has 0 saturated carbocycles. The Morgan fingerprint density at radius 3 is 1.41 bits per heavy atom. The summed E-state index contributed by atoms with van der Waals surface area (Å²) in [5, 5.41) is 21.3. The summed E-state index contributed by atoms with van der Waals surface area (Å²) in [6.07, 6.45) is 1.28. The summed E-state index contributed by atoms with van der Waals surface area (Å²) in [6, 6.07) is 40.3. The number of nitrogens with one attached hydrogen (secondary N) is 3. The third kappa shape index (κ3) is 11.8. The maximum atomic E-state index is 14.4. The molecule has 284 valence electrons. The molecule has 0 aliphatic heterocycles. The summed E-state index contributed by atoms with van der Waals surface area (Å²) in [5.41, 5.74) is 5.32. The van der Waals surface area contributed by atoms with Crippen LogP contribution >= 0.6 is 14.5 Å². The topological polar surface area (TPSA) is 171 Å². The fourth-order valence-electron chi connectivity index (χ4n) is 6.32. The van der Waals surface area contributed by atoms with Crippen molar-refractivity contribution in [2.45, 2.75) is 18.9 Å². The highest BCUT2D eigenvalue weighted by atomic mass is 31.2. The van der Waals surface area contributed by atoms with Crippen LogP contribution in [0.25, 0.3) is 0 Å². The van der Waals surface area contributed by atoms with Crippen LogP contribution in [0.3, 0.4) is 0 Å². The second-order valence-corrected chi connectivity index (χ2v) is 21.0. The van der Waals surface area contributed by atoms with Crippen LogP contribution in [0, 0.1) is 0 Å². The Morgan fingerprint density at radius 1 is 0.630 bits per heavy atom. The van der Waals surface area contributed by atoms with Crippen LogP contribution in [0.4, 0.5) is 0 Å². The van der Waals surface area contributed by atoms with Gasteiger partial charge < -0.3 is 31.7 Å². The van der Waals surface area contributed by atoms with E-state index in [-0.39, 0.29) is 25.3 Å². The van der Waals surface area contributed by atoms with Gasteiger partial charge in [-0.3, -0.25) is 24.0 Å². The summed E-state index contributed by atoms with van der Waals surface area (Å²) in [7, 11) is -3.93. The molecule has 54 heavy (non-hydrogen) atoms. The maximum absolute atomic E-state index is 14.4. The number of carboxylic acids is 1. The van der Waals surface area contributed by atoms with E-state index < -0.39 is 57.3 Å². The summed E-state index contributed by atoms with van der Waals surface area (Å²) in [4.78, 5) is 64.9. The number of nitrogens with two attached hydrogens (primary N) is 1. The Kier molecular flexibility index (Phi) is 15.9. The number of benzene rings is 4. The minimum atomic E-state index is -1.96. The lowest BCUT2D eigenvalue weighted by atomic mass is 10.1. The van der Waals surface area contributed by atoms with Crippen molar-refractivity contribution in [2.75, 3.05) is 58.4 Å². The average Bonchev–Trinajstić information content (AvgIpc) is 3.21. The number of nitrogens with zero attached hydrogens (tertiary/aromatic N) is 1. The van der Waals surface area contributed by atoms with Gasteiger partial charge in [0.25, 0.3) is 0 Å². The van der Waals surface area contributed by atoms with Gasteiger partial charge in [-0.25, -0.2) is 0 Å². The second-order valence-electron chi connectivity index (χ2n) is 13.3. The number of carbonyl (C=O) groups excluding carboxylic acids is 4. The number of amides is 4. The van der Waals surface area contributed by atoms with Gasteiger partial charge in [0.2, 0.25) is 23.6 Å². The Morgan fingerprint density at radius 2 is 1.04 bits per heavy atom. The molecule has 0 aliphatic rings. The predicted molar refractivity (Wildman–Crippen MR) is 220 cm³/mol. The van der Waals surface area contributed by atoms with Crippen molar-refractivity contribution >= 4 is 65.3 Å². The van der Waals surface area contributed by atoms with Gasteiger partial charge in [0.05, 0.1) is 87.6 Å². The fourth-order valence-corrected chi connectivity index (χ4v) is 12.6. The standard InChI is InChI=1S/C41H49N5O6P2/c1-53(32-15-7-3-8-16-32,33-17-9-4-10-18-33)27-25-46(26-28-54(2,34-19-11-5-12-20-34)35-21-13-6-14-22-35)39(49)24-23-36(41(52)44-31-40(50)51)45-38(48)30-43-37(47)29-42/h3-22,36H,23-31,42H2,1-2H3,(H2-2,43,44,45,47,48,50,51,52)/p+2. The lowest BCUT2D eigenvalue weighted by Crippen LogP contribution is -2.51. The van der Waals surface area contributed by atoms with E-state index >= 15 is 0 Å². The molecule has 0 bridgehead atoms. The van der Waals surface area contributed by atoms with Crippen molar-refractivity contribution in [3.05, 3.63) is 121 Å². The van der Waals surface area contributed by atoms with E-state index in [9.17, 15) is 24.0 Å². The number of aliphatic carboxylic acids is 1. The molecule has 0 aromatic heterocycles. The van der Waals surface area contributed by atoms with Crippen molar-refractivity contribution in [1.82, 2.24) is 20.9 Å². The minimum Gasteiger partial charge on any atom is -0.480 e. The zero-order chi connectivity index (χ0) is 39.0. The Labute approximate surface area is 318 Å². The molecule has 0 spiro atoms. The van der Waals surface area contributed by atoms with E-state index in [4.69, 9.17) is 10.8 Å². The quantitative estimate of drug-likeness (QED) is 0.0856. The molecule has 0 fully saturated rings. The molecular formula is C41H51N5O6P2+2. The predicted octanol–water partition coefficient (Wildman–Crippen LogP) is 1.95. The molecule has 4 aromatic carbocycles. The number of carboxylic acid groups (broad SMARTS) is 1. The van der Waals surface area contributed by atoms with Gasteiger partial charge in [-0.15, -0.1) is 0 Å². The van der Waals surface area contributed by atoms with Crippen molar-refractivity contribution in [3.63, 3.8) is 0 Å². The van der Waals surface area contributed by atoms with Crippen molar-refractivity contribution in [3.8, 4) is 0 Å². The number of hydrogen-bond acceptors (Lipinski definition) is 6. The Balaban J connectivity index is 1.63. The van der Waals surface area contributed by atoms with Crippen LogP contribution < -0.4 is 42.9 Å². The monoisotopic (exact) mass is 771 g/mol. The lowest BCUT2D eigenvalue weighted by Gasteiger charge is -2.30. The molecule has 0 aliphatic carbocycles. The van der Waals surface area contributed by atoms with Gasteiger partial charge in [0.15, 0.2) is 0 Å². The van der Waals surface area contributed by atoms with E-state index in [1.165, 1.54) is 21.2 Å². The zero-order valence-corrected chi connectivity index (χ0v) is 32.7. The molecule has 1 atom stereocenters. The van der Waals surface area contributed by atoms with E-state index in [2.05, 4.69) is 77.8 Å². The molecule has 0 heterocycles. The minimum absolute atomic E-state index is 0.0784. The van der Waals surface area contributed by atoms with Gasteiger partial charge in [0.1, 0.15) is 12.6 Å². The van der Waals surface area contributed by atoms with E-state index in [0.29, 0.717) is 13.1 Å². The van der Waals surface area contributed by atoms with Crippen LogP contribution in [0.1, 0.15) is 12.8 Å². The highest BCUT2D eigenvalue weighted by Crippen LogP contribution is 2.54. The van der Waals surface area contributed by atoms with Crippen molar-refractivity contribution in [1.29, 1.82) is 0 Å². The first kappa shape index (κ1) is 41.8. The first-order chi connectivity index (χ1) is 26.0. The van der Waals surface area contributed by atoms with E-state index in [0.717, 1.165) is 12.3 Å². The van der Waals surface area contributed by atoms with Crippen LogP contribution in [0.15, 0.2) is 121 Å². The molecule has 4 aromatic rings. The van der Waals surface area contributed by atoms with Crippen LogP contribution in [0.2, 0.25) is 0 Å². The summed E-state index contributed by atoms with van der Waals surface area (Å²) in [5.74, 6) is -3.40. The Bertz CT molecular complexity index is 1660. The van der Waals surface area contributed by atoms with Crippen LogP contribution in [-0.4, -0.2) is 104 Å². The van der Waals surface area contributed by atoms with Crippen LogP contribution in [-0.2, 0) is 24.0 Å². The molecule has 13 heteroatoms. The molecule has 0 saturated heterocycles. The van der Waals surface area contributed by atoms with Gasteiger partial charge in [-0.05, 0) is 55.0 Å². The summed E-state index contributed by atoms with van der Waals surface area (Å²) >= 11 is 0. The van der Waals surface area contributed by atoms with E-state index in [1.54, 1.807) is 0 Å². The first-order valence-corrected chi connectivity index (χ1v) is 22.8. The molecular weight excluding hydrogens is 720 g/mol. The molecule has 0 radical (unpaired) electrons. The molecule has 1 unspecified atom stereocenters. The smallest absolute Gasteiger partial charge is 0.322 e. The van der Waals surface area contributed by atoms with Crippen LogP contribution in [0.5, 0.6) is 0 Å². The summed E-state index contributed by atoms with van der Waals surface area (Å²) in [6.45, 7) is 4.12. The van der Waals surface area contributed by atoms with Gasteiger partial charge in [-0.1, -0.05) is 72.8 Å². The highest BCUT2D eigenvalue weighted by Gasteiger charge is 2.41. The van der Waals surface area contributed by atoms with Crippen molar-refractivity contribution in [2.24, 2.45) is 5.73 Å². The first-order valence-electron chi connectivity index (χ1n) is 17.9. The average molecular weight is 772 g/mol. The largest absolute Gasteiger partial charge is 0.480 e. The van der Waals surface area contributed by atoms with E-state index in [1.807, 2.05) is 77.7 Å². The fraction of sp³-hybridized carbons (Fsp3) is 0.293. The highest BCUT2D eigenvalue weighted by molar-refractivity contribution is 7.89. The second kappa shape index (κ2) is 20.5. The number of carbonyl (C=O) groups is 5. The molecule has 6 N–H and O–H groups in total. The molecule has 11 nitrogen and oxygen atoms in total. The lowest BCUT2D eigenvalue weighted by molar-refractivity contribution is -0.139. The third-order valence-electron chi connectivity index (χ3n) is 9.64. The van der Waals surface area contributed by atoms with Gasteiger partial charge >= 0.3 is 5.97 Å². The normalized spacial score (nSPS) is 11.9. The number of hydrogen-bond donors (Lipinski definition) is 5. The maximum Gasteiger partial charge on any atom is 0.322 e. The SMILES string of the molecule is C[P+](CCN(CC[P+](C)(c1ccccc1)c1ccccc1)C(=O)CCC(NC(=O)CNC(=O)CN)C(=O)NCC(=O)O)(c1ccccc1)c1ccccc1. The zero-order valence-electron chi connectivity index (χ0n) is 30.9. The third-order valence-corrected chi connectivity index (χ3v) is 17.6. The van der Waals surface area contributed by atoms with Gasteiger partial charge in [0, 0.05) is 6.42 Å². The van der Waals surface area contributed by atoms with Crippen molar-refractivity contribution < 1.29 is 29.1 Å². The molecule has 4 rings (SSSR count). The van der Waals surface area contributed by atoms with Gasteiger partial charge in [-0.2, -0.15) is 0 Å². The number of rotatable bonds is 20. The summed E-state index contributed by atoms with van der Waals surface area (Å²) < 4.78 is 0. The Hall–Kier alpha value is -4.95. The molecule has 4 amide bonds.